The van der Waals surface area contributed by atoms with Gasteiger partial charge in [-0.3, -0.25) is 4.79 Å². The number of amides is 1. The highest BCUT2D eigenvalue weighted by atomic mass is 16.5. The molecule has 24 heavy (non-hydrogen) atoms. The molecule has 0 saturated heterocycles. The number of rotatable bonds is 10. The van der Waals surface area contributed by atoms with Gasteiger partial charge in [0.2, 0.25) is 0 Å². The van der Waals surface area contributed by atoms with Crippen molar-refractivity contribution in [2.45, 2.75) is 45.7 Å². The summed E-state index contributed by atoms with van der Waals surface area (Å²) in [5.41, 5.74) is 0.790. The molecule has 0 radical (unpaired) electrons. The van der Waals surface area contributed by atoms with Crippen LogP contribution in [0.25, 0.3) is 0 Å². The van der Waals surface area contributed by atoms with E-state index in [1.807, 2.05) is 39.0 Å². The summed E-state index contributed by atoms with van der Waals surface area (Å²) < 4.78 is 10.9. The lowest BCUT2D eigenvalue weighted by molar-refractivity contribution is -0.124. The number of methoxy groups -OCH3 is 1. The molecule has 0 unspecified atom stereocenters. The van der Waals surface area contributed by atoms with Gasteiger partial charge in [-0.1, -0.05) is 6.07 Å². The Morgan fingerprint density at radius 3 is 2.58 bits per heavy atom. The van der Waals surface area contributed by atoms with Crippen LogP contribution in [0, 0.1) is 0 Å². The number of unbranched alkanes of at least 4 members (excludes halogenated alkanes) is 1. The Balaban J connectivity index is 2.52. The molecule has 0 aromatic heterocycles. The average Bonchev–Trinajstić information content (AvgIpc) is 2.51. The molecule has 0 aliphatic rings. The molecule has 0 atom stereocenters. The fourth-order valence-electron chi connectivity index (χ4n) is 2.13. The van der Waals surface area contributed by atoms with Crippen LogP contribution in [-0.4, -0.2) is 43.4 Å². The first kappa shape index (κ1) is 20.3. The van der Waals surface area contributed by atoms with E-state index in [0.717, 1.165) is 24.9 Å². The van der Waals surface area contributed by atoms with E-state index in [9.17, 15) is 4.79 Å². The summed E-state index contributed by atoms with van der Waals surface area (Å²) in [5.74, 6) is 0.984. The second-order valence-electron chi connectivity index (χ2n) is 6.68. The summed E-state index contributed by atoms with van der Waals surface area (Å²) in [6.45, 7) is 7.52. The molecular formula is C18H30N2O4. The third kappa shape index (κ3) is 8.17. The lowest BCUT2D eigenvalue weighted by atomic mass is 10.1. The molecule has 1 amide bonds. The minimum absolute atomic E-state index is 0.0492. The fourth-order valence-corrected chi connectivity index (χ4v) is 2.13. The Hall–Kier alpha value is -1.79. The molecule has 0 bridgehead atoms. The smallest absolute Gasteiger partial charge is 0.258 e. The molecule has 0 aliphatic carbocycles. The van der Waals surface area contributed by atoms with Crippen molar-refractivity contribution in [3.8, 4) is 11.5 Å². The SMILES string of the molecule is COc1cc(CNCCCCO)ccc1OCC(=O)NC(C)(C)C. The number of ether oxygens (including phenoxy) is 2. The van der Waals surface area contributed by atoms with Crippen molar-refractivity contribution in [2.75, 3.05) is 26.9 Å². The number of hydrogen-bond acceptors (Lipinski definition) is 5. The second kappa shape index (κ2) is 10.2. The maximum atomic E-state index is 11.8. The van der Waals surface area contributed by atoms with Gasteiger partial charge < -0.3 is 25.2 Å². The number of carbonyl (C=O) groups excluding carboxylic acids is 1. The molecule has 0 saturated carbocycles. The molecular weight excluding hydrogens is 308 g/mol. The first-order valence-electron chi connectivity index (χ1n) is 8.28. The van der Waals surface area contributed by atoms with Gasteiger partial charge in [-0.25, -0.2) is 0 Å². The summed E-state index contributed by atoms with van der Waals surface area (Å²) in [6.07, 6.45) is 1.75. The Morgan fingerprint density at radius 2 is 1.96 bits per heavy atom. The number of hydrogen-bond donors (Lipinski definition) is 3. The topological polar surface area (TPSA) is 79.8 Å². The van der Waals surface area contributed by atoms with Gasteiger partial charge in [0.1, 0.15) is 0 Å². The van der Waals surface area contributed by atoms with E-state index < -0.39 is 0 Å². The average molecular weight is 338 g/mol. The van der Waals surface area contributed by atoms with Gasteiger partial charge in [-0.15, -0.1) is 0 Å². The molecule has 3 N–H and O–H groups in total. The molecule has 0 heterocycles. The lowest BCUT2D eigenvalue weighted by Gasteiger charge is -2.20. The van der Waals surface area contributed by atoms with Crippen LogP contribution in [0.1, 0.15) is 39.2 Å². The zero-order valence-electron chi connectivity index (χ0n) is 15.1. The van der Waals surface area contributed by atoms with E-state index in [1.165, 1.54) is 0 Å². The van der Waals surface area contributed by atoms with Crippen LogP contribution < -0.4 is 20.1 Å². The minimum atomic E-state index is -0.282. The van der Waals surface area contributed by atoms with Crippen LogP contribution in [0.4, 0.5) is 0 Å². The minimum Gasteiger partial charge on any atom is -0.493 e. The van der Waals surface area contributed by atoms with Crippen molar-refractivity contribution < 1.29 is 19.4 Å². The molecule has 0 aliphatic heterocycles. The normalized spacial score (nSPS) is 11.2. The van der Waals surface area contributed by atoms with Crippen LogP contribution >= 0.6 is 0 Å². The summed E-state index contributed by atoms with van der Waals surface area (Å²) in [6, 6.07) is 5.66. The summed E-state index contributed by atoms with van der Waals surface area (Å²) >= 11 is 0. The summed E-state index contributed by atoms with van der Waals surface area (Å²) in [4.78, 5) is 11.8. The zero-order valence-corrected chi connectivity index (χ0v) is 15.1. The fraction of sp³-hybridized carbons (Fsp3) is 0.611. The molecule has 0 fully saturated rings. The van der Waals surface area contributed by atoms with Crippen LogP contribution in [0.5, 0.6) is 11.5 Å². The van der Waals surface area contributed by atoms with Crippen LogP contribution in [0.15, 0.2) is 18.2 Å². The highest BCUT2D eigenvalue weighted by molar-refractivity contribution is 5.78. The predicted molar refractivity (Wildman–Crippen MR) is 94.4 cm³/mol. The van der Waals surface area contributed by atoms with Crippen molar-refractivity contribution in [1.82, 2.24) is 10.6 Å². The van der Waals surface area contributed by atoms with Crippen molar-refractivity contribution in [3.63, 3.8) is 0 Å². The third-order valence-electron chi connectivity index (χ3n) is 3.19. The number of benzene rings is 1. The van der Waals surface area contributed by atoms with Crippen LogP contribution in [-0.2, 0) is 11.3 Å². The van der Waals surface area contributed by atoms with Gasteiger partial charge in [0, 0.05) is 18.7 Å². The summed E-state index contributed by atoms with van der Waals surface area (Å²) in [7, 11) is 1.58. The van der Waals surface area contributed by atoms with Crippen LogP contribution in [0.3, 0.4) is 0 Å². The monoisotopic (exact) mass is 338 g/mol. The van der Waals surface area contributed by atoms with Gasteiger partial charge in [0.25, 0.3) is 5.91 Å². The van der Waals surface area contributed by atoms with Crippen molar-refractivity contribution >= 4 is 5.91 Å². The zero-order chi connectivity index (χ0) is 18.0. The van der Waals surface area contributed by atoms with E-state index >= 15 is 0 Å². The highest BCUT2D eigenvalue weighted by Gasteiger charge is 2.15. The molecule has 6 nitrogen and oxygen atoms in total. The maximum absolute atomic E-state index is 11.8. The Labute approximate surface area is 144 Å². The third-order valence-corrected chi connectivity index (χ3v) is 3.19. The number of nitrogens with one attached hydrogen (secondary N) is 2. The second-order valence-corrected chi connectivity index (χ2v) is 6.68. The Bertz CT molecular complexity index is 512. The van der Waals surface area contributed by atoms with Gasteiger partial charge in [0.15, 0.2) is 18.1 Å². The van der Waals surface area contributed by atoms with Gasteiger partial charge in [-0.05, 0) is 57.9 Å². The molecule has 1 aromatic rings. The standard InChI is InChI=1S/C18H30N2O4/c1-18(2,3)20-17(22)13-24-15-8-7-14(11-16(15)23-4)12-19-9-5-6-10-21/h7-8,11,19,21H,5-6,9-10,12-13H2,1-4H3,(H,20,22). The lowest BCUT2D eigenvalue weighted by Crippen LogP contribution is -2.43. The van der Waals surface area contributed by atoms with Gasteiger partial charge >= 0.3 is 0 Å². The summed E-state index contributed by atoms with van der Waals surface area (Å²) in [5, 5.41) is 14.9. The van der Waals surface area contributed by atoms with E-state index in [1.54, 1.807) is 7.11 Å². The Morgan fingerprint density at radius 1 is 1.21 bits per heavy atom. The number of aliphatic hydroxyl groups excluding tert-OH is 1. The molecule has 1 rings (SSSR count). The molecule has 136 valence electrons. The quantitative estimate of drug-likeness (QED) is 0.567. The first-order valence-corrected chi connectivity index (χ1v) is 8.28. The largest absolute Gasteiger partial charge is 0.493 e. The molecule has 6 heteroatoms. The van der Waals surface area contributed by atoms with Crippen LogP contribution in [0.2, 0.25) is 0 Å². The van der Waals surface area contributed by atoms with Gasteiger partial charge in [-0.2, -0.15) is 0 Å². The van der Waals surface area contributed by atoms with E-state index in [2.05, 4.69) is 10.6 Å². The Kier molecular flexibility index (Phi) is 8.57. The number of aliphatic hydroxyl groups is 1. The van der Waals surface area contributed by atoms with Gasteiger partial charge in [0.05, 0.1) is 7.11 Å². The highest BCUT2D eigenvalue weighted by Crippen LogP contribution is 2.28. The maximum Gasteiger partial charge on any atom is 0.258 e. The first-order chi connectivity index (χ1) is 11.4. The predicted octanol–water partition coefficient (Wildman–Crippen LogP) is 1.85. The van der Waals surface area contributed by atoms with Crippen molar-refractivity contribution in [2.24, 2.45) is 0 Å². The van der Waals surface area contributed by atoms with Crippen molar-refractivity contribution in [1.29, 1.82) is 0 Å². The van der Waals surface area contributed by atoms with E-state index in [-0.39, 0.29) is 24.7 Å². The van der Waals surface area contributed by atoms with Crippen molar-refractivity contribution in [3.05, 3.63) is 23.8 Å². The van der Waals surface area contributed by atoms with E-state index in [0.29, 0.717) is 18.0 Å². The number of carbonyl (C=O) groups is 1. The van der Waals surface area contributed by atoms with E-state index in [4.69, 9.17) is 14.6 Å². The molecule has 1 aromatic carbocycles. The molecule has 0 spiro atoms.